The lowest BCUT2D eigenvalue weighted by Gasteiger charge is -2.16. The fourth-order valence-electron chi connectivity index (χ4n) is 3.21. The Morgan fingerprint density at radius 2 is 1.91 bits per heavy atom. The number of hydrogen-bond acceptors (Lipinski definition) is 6. The van der Waals surface area contributed by atoms with Crippen molar-refractivity contribution in [3.05, 3.63) is 86.5 Å². The molecule has 1 fully saturated rings. The third-order valence-corrected chi connectivity index (χ3v) is 6.13. The normalized spacial score (nSPS) is 15.5. The van der Waals surface area contributed by atoms with Gasteiger partial charge in [0.2, 0.25) is 0 Å². The van der Waals surface area contributed by atoms with Crippen molar-refractivity contribution >= 4 is 51.7 Å². The standard InChI is InChI=1S/C22H13F3N2O4S2/c1-12-5-6-15(27(29)30)10-17(12)18-8-7-16(31-18)11-19-20(28)26(21(32)33-19)14-4-2-3-13(9-14)22(23,24)25/h2-11H,1H3. The van der Waals surface area contributed by atoms with Crippen molar-refractivity contribution in [1.29, 1.82) is 0 Å². The molecule has 6 nitrogen and oxygen atoms in total. The molecule has 1 aliphatic heterocycles. The quantitative estimate of drug-likeness (QED) is 0.178. The highest BCUT2D eigenvalue weighted by molar-refractivity contribution is 8.27. The van der Waals surface area contributed by atoms with Gasteiger partial charge in [-0.15, -0.1) is 0 Å². The van der Waals surface area contributed by atoms with E-state index in [0.29, 0.717) is 17.1 Å². The van der Waals surface area contributed by atoms with Crippen molar-refractivity contribution in [1.82, 2.24) is 0 Å². The second-order valence-electron chi connectivity index (χ2n) is 7.02. The number of benzene rings is 2. The number of halogens is 3. The Morgan fingerprint density at radius 3 is 2.61 bits per heavy atom. The number of thioether (sulfide) groups is 1. The van der Waals surface area contributed by atoms with Gasteiger partial charge < -0.3 is 4.42 Å². The van der Waals surface area contributed by atoms with Gasteiger partial charge in [0.25, 0.3) is 11.6 Å². The van der Waals surface area contributed by atoms with Gasteiger partial charge in [-0.2, -0.15) is 13.2 Å². The summed E-state index contributed by atoms with van der Waals surface area (Å²) in [4.78, 5) is 24.7. The molecular weight excluding hydrogens is 477 g/mol. The second kappa shape index (κ2) is 8.49. The van der Waals surface area contributed by atoms with Crippen LogP contribution in [-0.2, 0) is 11.0 Å². The summed E-state index contributed by atoms with van der Waals surface area (Å²) in [7, 11) is 0. The number of furan rings is 1. The van der Waals surface area contributed by atoms with Crippen molar-refractivity contribution < 1.29 is 27.3 Å². The van der Waals surface area contributed by atoms with Crippen molar-refractivity contribution in [2.45, 2.75) is 13.1 Å². The predicted octanol–water partition coefficient (Wildman–Crippen LogP) is 6.59. The van der Waals surface area contributed by atoms with E-state index in [0.717, 1.165) is 34.4 Å². The molecule has 1 aromatic heterocycles. The van der Waals surface area contributed by atoms with Gasteiger partial charge in [0.15, 0.2) is 4.32 Å². The van der Waals surface area contributed by atoms with Crippen LogP contribution in [0.1, 0.15) is 16.9 Å². The number of amides is 1. The summed E-state index contributed by atoms with van der Waals surface area (Å²) in [6.45, 7) is 1.78. The highest BCUT2D eigenvalue weighted by atomic mass is 32.2. The highest BCUT2D eigenvalue weighted by Crippen LogP contribution is 2.39. The predicted molar refractivity (Wildman–Crippen MR) is 123 cm³/mol. The minimum atomic E-state index is -4.55. The topological polar surface area (TPSA) is 76.6 Å². The van der Waals surface area contributed by atoms with Crippen LogP contribution in [0.4, 0.5) is 24.5 Å². The summed E-state index contributed by atoms with van der Waals surface area (Å²) < 4.78 is 45.0. The molecule has 3 aromatic rings. The number of alkyl halides is 3. The molecular formula is C22H13F3N2O4S2. The van der Waals surface area contributed by atoms with Crippen LogP contribution >= 0.6 is 24.0 Å². The lowest BCUT2D eigenvalue weighted by atomic mass is 10.1. The van der Waals surface area contributed by atoms with Crippen LogP contribution in [0.2, 0.25) is 0 Å². The maximum absolute atomic E-state index is 13.1. The van der Waals surface area contributed by atoms with Gasteiger partial charge in [-0.05, 0) is 42.8 Å². The average molecular weight is 490 g/mol. The zero-order chi connectivity index (χ0) is 23.9. The SMILES string of the molecule is Cc1ccc([N+](=O)[O-])cc1-c1ccc(C=C2SC(=S)N(c3cccc(C(F)(F)F)c3)C2=O)o1. The van der Waals surface area contributed by atoms with Gasteiger partial charge >= 0.3 is 6.18 Å². The Kier molecular flexibility index (Phi) is 5.85. The molecule has 33 heavy (non-hydrogen) atoms. The zero-order valence-corrected chi connectivity index (χ0v) is 18.4. The smallest absolute Gasteiger partial charge is 0.416 e. The number of rotatable bonds is 4. The van der Waals surface area contributed by atoms with Crippen LogP contribution in [-0.4, -0.2) is 15.2 Å². The number of nitrogens with zero attached hydrogens (tertiary/aromatic N) is 2. The molecule has 11 heteroatoms. The molecule has 0 saturated carbocycles. The van der Waals surface area contributed by atoms with Gasteiger partial charge in [-0.1, -0.05) is 36.1 Å². The first-order valence-corrected chi connectivity index (χ1v) is 10.6. The summed E-state index contributed by atoms with van der Waals surface area (Å²) in [5.74, 6) is 0.0880. The first kappa shape index (κ1) is 22.7. The Labute approximate surface area is 194 Å². The number of aryl methyl sites for hydroxylation is 1. The minimum Gasteiger partial charge on any atom is -0.457 e. The number of carbonyl (C=O) groups is 1. The lowest BCUT2D eigenvalue weighted by molar-refractivity contribution is -0.384. The van der Waals surface area contributed by atoms with Crippen LogP contribution in [0.3, 0.4) is 0 Å². The molecule has 1 saturated heterocycles. The van der Waals surface area contributed by atoms with Crippen molar-refractivity contribution in [2.75, 3.05) is 4.90 Å². The van der Waals surface area contributed by atoms with E-state index in [4.69, 9.17) is 16.6 Å². The summed E-state index contributed by atoms with van der Waals surface area (Å²) in [5, 5.41) is 11.1. The summed E-state index contributed by atoms with van der Waals surface area (Å²) in [6, 6.07) is 12.0. The van der Waals surface area contributed by atoms with Gasteiger partial charge in [-0.3, -0.25) is 19.8 Å². The average Bonchev–Trinajstić information content (AvgIpc) is 3.32. The maximum atomic E-state index is 13.1. The number of anilines is 1. The summed E-state index contributed by atoms with van der Waals surface area (Å²) in [6.07, 6.45) is -3.12. The number of nitro benzene ring substituents is 1. The molecule has 1 amide bonds. The molecule has 0 spiro atoms. The number of hydrogen-bond donors (Lipinski definition) is 0. The van der Waals surface area contributed by atoms with Crippen LogP contribution in [0, 0.1) is 17.0 Å². The van der Waals surface area contributed by atoms with E-state index in [2.05, 4.69) is 0 Å². The van der Waals surface area contributed by atoms with Crippen LogP contribution in [0.25, 0.3) is 17.4 Å². The third kappa shape index (κ3) is 4.55. The number of carbonyl (C=O) groups excluding carboxylic acids is 1. The molecule has 168 valence electrons. The first-order chi connectivity index (χ1) is 15.5. The van der Waals surface area contributed by atoms with Gasteiger partial charge in [-0.25, -0.2) is 0 Å². The fourth-order valence-corrected chi connectivity index (χ4v) is 4.48. The summed E-state index contributed by atoms with van der Waals surface area (Å²) >= 11 is 6.16. The molecule has 0 aliphatic carbocycles. The van der Waals surface area contributed by atoms with Crippen LogP contribution in [0.5, 0.6) is 0 Å². The largest absolute Gasteiger partial charge is 0.457 e. The Hall–Kier alpha value is -3.44. The fraction of sp³-hybridized carbons (Fsp3) is 0.0909. The Bertz CT molecular complexity index is 1330. The van der Waals surface area contributed by atoms with E-state index >= 15 is 0 Å². The van der Waals surface area contributed by atoms with E-state index in [9.17, 15) is 28.1 Å². The number of non-ortho nitro benzene ring substituents is 1. The van der Waals surface area contributed by atoms with Crippen molar-refractivity contribution in [3.8, 4) is 11.3 Å². The Morgan fingerprint density at radius 1 is 1.15 bits per heavy atom. The van der Waals surface area contributed by atoms with E-state index in [-0.39, 0.29) is 20.6 Å². The molecule has 0 radical (unpaired) electrons. The molecule has 1 aliphatic rings. The first-order valence-electron chi connectivity index (χ1n) is 9.35. The number of nitro groups is 1. The van der Waals surface area contributed by atoms with Gasteiger partial charge in [0.05, 0.1) is 21.1 Å². The minimum absolute atomic E-state index is 0.0167. The van der Waals surface area contributed by atoms with Crippen LogP contribution in [0.15, 0.2) is 63.9 Å². The van der Waals surface area contributed by atoms with E-state index in [1.165, 1.54) is 30.3 Å². The molecule has 0 N–H and O–H groups in total. The van der Waals surface area contributed by atoms with E-state index < -0.39 is 22.6 Å². The molecule has 0 atom stereocenters. The van der Waals surface area contributed by atoms with E-state index in [1.807, 2.05) is 0 Å². The zero-order valence-electron chi connectivity index (χ0n) is 16.8. The Balaban J connectivity index is 1.63. The van der Waals surface area contributed by atoms with Crippen molar-refractivity contribution in [3.63, 3.8) is 0 Å². The second-order valence-corrected chi connectivity index (χ2v) is 8.70. The van der Waals surface area contributed by atoms with Gasteiger partial charge in [0.1, 0.15) is 11.5 Å². The molecule has 4 rings (SSSR count). The van der Waals surface area contributed by atoms with E-state index in [1.54, 1.807) is 25.1 Å². The molecule has 2 heterocycles. The molecule has 0 unspecified atom stereocenters. The van der Waals surface area contributed by atoms with Crippen LogP contribution < -0.4 is 4.90 Å². The van der Waals surface area contributed by atoms with Gasteiger partial charge in [0, 0.05) is 23.8 Å². The lowest BCUT2D eigenvalue weighted by Crippen LogP contribution is -2.27. The third-order valence-electron chi connectivity index (χ3n) is 4.82. The van der Waals surface area contributed by atoms with Crippen molar-refractivity contribution in [2.24, 2.45) is 0 Å². The summed E-state index contributed by atoms with van der Waals surface area (Å²) in [5.41, 5.74) is 0.331. The monoisotopic (exact) mass is 490 g/mol. The maximum Gasteiger partial charge on any atom is 0.416 e. The highest BCUT2D eigenvalue weighted by Gasteiger charge is 2.36. The molecule has 0 bridgehead atoms. The molecule has 2 aromatic carbocycles. The number of thiocarbonyl (C=S) groups is 1.